The average molecular weight is 504 g/mol. The Bertz CT molecular complexity index is 1130. The van der Waals surface area contributed by atoms with E-state index in [9.17, 15) is 13.2 Å². The number of methoxy groups -OCH3 is 2. The Labute approximate surface area is 209 Å². The maximum atomic E-state index is 13.2. The van der Waals surface area contributed by atoms with Gasteiger partial charge < -0.3 is 20.1 Å². The van der Waals surface area contributed by atoms with Gasteiger partial charge in [0, 0.05) is 23.8 Å². The third-order valence-corrected chi connectivity index (χ3v) is 8.04. The maximum absolute atomic E-state index is 13.2. The van der Waals surface area contributed by atoms with Gasteiger partial charge in [0.1, 0.15) is 6.04 Å². The highest BCUT2D eigenvalue weighted by molar-refractivity contribution is 7.89. The molecule has 2 atom stereocenters. The smallest absolute Gasteiger partial charge is 0.247 e. The first-order chi connectivity index (χ1) is 16.5. The topological polar surface area (TPSA) is 97.0 Å². The van der Waals surface area contributed by atoms with E-state index < -0.39 is 21.6 Å². The summed E-state index contributed by atoms with van der Waals surface area (Å²) in [7, 11) is -0.471. The van der Waals surface area contributed by atoms with Gasteiger partial charge in [0.25, 0.3) is 0 Å². The van der Waals surface area contributed by atoms with Crippen molar-refractivity contribution in [1.29, 1.82) is 0 Å². The summed E-state index contributed by atoms with van der Waals surface area (Å²) in [5.41, 5.74) is 0.874. The largest absolute Gasteiger partial charge is 0.493 e. The molecule has 0 spiro atoms. The number of benzene rings is 2. The zero-order valence-corrected chi connectivity index (χ0v) is 22.2. The number of carbonyl (C=O) groups is 1. The molecular weight excluding hydrogens is 466 g/mol. The molecule has 1 fully saturated rings. The molecule has 3 rings (SSSR count). The number of piperidine rings is 1. The molecule has 9 heteroatoms. The molecule has 2 aromatic carbocycles. The summed E-state index contributed by atoms with van der Waals surface area (Å²) in [5.74, 6) is 0.855. The minimum absolute atomic E-state index is 0.0120. The van der Waals surface area contributed by atoms with Crippen molar-refractivity contribution in [1.82, 2.24) is 9.62 Å². The lowest BCUT2D eigenvalue weighted by Crippen LogP contribution is -2.44. The van der Waals surface area contributed by atoms with Gasteiger partial charge in [0.05, 0.1) is 19.1 Å². The number of ether oxygens (including phenoxy) is 2. The standard InChI is InChI=1S/C26H37N3O5S/c1-18-9-7-8-16-29(18)35(31,32)21-13-11-20(12-14-21)27-24(25(30)28-26(2,3)4)19-10-15-22(33-5)23(17-19)34-6/h10-15,17-18,24,27H,7-9,16H2,1-6H3,(H,28,30)/t18-,24+/m0/s1. The molecular formula is C26H37N3O5S. The molecule has 2 N–H and O–H groups in total. The first-order valence-electron chi connectivity index (χ1n) is 11.9. The van der Waals surface area contributed by atoms with Gasteiger partial charge in [0.2, 0.25) is 15.9 Å². The van der Waals surface area contributed by atoms with E-state index >= 15 is 0 Å². The van der Waals surface area contributed by atoms with Gasteiger partial charge in [-0.25, -0.2) is 8.42 Å². The van der Waals surface area contributed by atoms with Crippen LogP contribution in [0.2, 0.25) is 0 Å². The predicted molar refractivity (Wildman–Crippen MR) is 137 cm³/mol. The predicted octanol–water partition coefficient (Wildman–Crippen LogP) is 4.33. The van der Waals surface area contributed by atoms with E-state index in [-0.39, 0.29) is 16.8 Å². The van der Waals surface area contributed by atoms with Gasteiger partial charge in [-0.05, 0) is 82.5 Å². The molecule has 1 aliphatic rings. The number of amides is 1. The number of carbonyl (C=O) groups excluding carboxylic acids is 1. The van der Waals surface area contributed by atoms with Crippen LogP contribution in [0.25, 0.3) is 0 Å². The highest BCUT2D eigenvalue weighted by atomic mass is 32.2. The summed E-state index contributed by atoms with van der Waals surface area (Å²) in [6.07, 6.45) is 2.79. The van der Waals surface area contributed by atoms with Crippen LogP contribution in [0.5, 0.6) is 11.5 Å². The summed E-state index contributed by atoms with van der Waals surface area (Å²) in [4.78, 5) is 13.5. The highest BCUT2D eigenvalue weighted by Gasteiger charge is 2.31. The molecule has 1 saturated heterocycles. The van der Waals surface area contributed by atoms with Crippen molar-refractivity contribution < 1.29 is 22.7 Å². The van der Waals surface area contributed by atoms with Crippen molar-refractivity contribution >= 4 is 21.6 Å². The number of hydrogen-bond acceptors (Lipinski definition) is 6. The Morgan fingerprint density at radius 2 is 1.69 bits per heavy atom. The van der Waals surface area contributed by atoms with Gasteiger partial charge in [-0.15, -0.1) is 0 Å². The van der Waals surface area contributed by atoms with Gasteiger partial charge in [-0.2, -0.15) is 4.31 Å². The molecule has 0 aromatic heterocycles. The van der Waals surface area contributed by atoms with Gasteiger partial charge in [-0.3, -0.25) is 4.79 Å². The molecule has 0 radical (unpaired) electrons. The molecule has 0 aliphatic carbocycles. The Morgan fingerprint density at radius 3 is 2.26 bits per heavy atom. The molecule has 1 amide bonds. The fourth-order valence-electron chi connectivity index (χ4n) is 4.23. The second kappa shape index (κ2) is 10.9. The molecule has 0 saturated carbocycles. The van der Waals surface area contributed by atoms with Gasteiger partial charge in [0.15, 0.2) is 11.5 Å². The van der Waals surface area contributed by atoms with Crippen molar-refractivity contribution in [2.24, 2.45) is 0 Å². The molecule has 0 bridgehead atoms. The third kappa shape index (κ3) is 6.46. The average Bonchev–Trinajstić information content (AvgIpc) is 2.81. The molecule has 35 heavy (non-hydrogen) atoms. The fourth-order valence-corrected chi connectivity index (χ4v) is 5.93. The lowest BCUT2D eigenvalue weighted by molar-refractivity contribution is -0.123. The van der Waals surface area contributed by atoms with E-state index in [1.165, 1.54) is 0 Å². The van der Waals surface area contributed by atoms with Crippen LogP contribution in [0.4, 0.5) is 5.69 Å². The van der Waals surface area contributed by atoms with E-state index in [1.54, 1.807) is 61.0 Å². The summed E-state index contributed by atoms with van der Waals surface area (Å²) in [5, 5.41) is 6.27. The highest BCUT2D eigenvalue weighted by Crippen LogP contribution is 2.32. The second-order valence-corrected chi connectivity index (χ2v) is 11.8. The normalized spacial score (nSPS) is 17.9. The summed E-state index contributed by atoms with van der Waals surface area (Å²) >= 11 is 0. The minimum atomic E-state index is -3.57. The van der Waals surface area contributed by atoms with Crippen molar-refractivity contribution in [3.63, 3.8) is 0 Å². The van der Waals surface area contributed by atoms with Crippen LogP contribution in [0, 0.1) is 0 Å². The SMILES string of the molecule is COc1ccc([C@@H](Nc2ccc(S(=O)(=O)N3CCCC[C@@H]3C)cc2)C(=O)NC(C)(C)C)cc1OC. The van der Waals surface area contributed by atoms with Gasteiger partial charge >= 0.3 is 0 Å². The maximum Gasteiger partial charge on any atom is 0.247 e. The van der Waals surface area contributed by atoms with Crippen LogP contribution in [0.15, 0.2) is 47.4 Å². The fraction of sp³-hybridized carbons (Fsp3) is 0.500. The molecule has 8 nitrogen and oxygen atoms in total. The van der Waals surface area contributed by atoms with Crippen LogP contribution in [0.3, 0.4) is 0 Å². The Hall–Kier alpha value is -2.78. The first kappa shape index (κ1) is 26.8. The molecule has 2 aromatic rings. The molecule has 1 aliphatic heterocycles. The van der Waals surface area contributed by atoms with E-state index in [2.05, 4.69) is 10.6 Å². The Kier molecular flexibility index (Phi) is 8.33. The lowest BCUT2D eigenvalue weighted by atomic mass is 10.0. The summed E-state index contributed by atoms with van der Waals surface area (Å²) in [6, 6.07) is 11.1. The third-order valence-electron chi connectivity index (χ3n) is 6.02. The summed E-state index contributed by atoms with van der Waals surface area (Å²) in [6.45, 7) is 8.24. The Balaban J connectivity index is 1.89. The first-order valence-corrected chi connectivity index (χ1v) is 13.3. The number of nitrogens with one attached hydrogen (secondary N) is 2. The van der Waals surface area contributed by atoms with Crippen molar-refractivity contribution in [3.8, 4) is 11.5 Å². The van der Waals surface area contributed by atoms with E-state index in [0.717, 1.165) is 19.3 Å². The van der Waals surface area contributed by atoms with Gasteiger partial charge in [-0.1, -0.05) is 12.5 Å². The second-order valence-electron chi connectivity index (χ2n) is 9.92. The zero-order valence-electron chi connectivity index (χ0n) is 21.4. The van der Waals surface area contributed by atoms with E-state index in [4.69, 9.17) is 9.47 Å². The molecule has 0 unspecified atom stereocenters. The van der Waals surface area contributed by atoms with Crippen molar-refractivity contribution in [3.05, 3.63) is 48.0 Å². The van der Waals surface area contributed by atoms with Crippen LogP contribution in [-0.4, -0.2) is 51.0 Å². The van der Waals surface area contributed by atoms with E-state index in [0.29, 0.717) is 29.3 Å². The number of sulfonamides is 1. The number of anilines is 1. The zero-order chi connectivity index (χ0) is 25.8. The summed E-state index contributed by atoms with van der Waals surface area (Å²) < 4.78 is 38.7. The van der Waals surface area contributed by atoms with Crippen LogP contribution >= 0.6 is 0 Å². The number of hydrogen-bond donors (Lipinski definition) is 2. The minimum Gasteiger partial charge on any atom is -0.493 e. The van der Waals surface area contributed by atoms with Crippen molar-refractivity contribution in [2.75, 3.05) is 26.1 Å². The van der Waals surface area contributed by atoms with Crippen LogP contribution in [0.1, 0.15) is 58.6 Å². The molecule has 1 heterocycles. The quantitative estimate of drug-likeness (QED) is 0.556. The number of nitrogens with zero attached hydrogens (tertiary/aromatic N) is 1. The van der Waals surface area contributed by atoms with E-state index in [1.807, 2.05) is 27.7 Å². The number of rotatable bonds is 8. The van der Waals surface area contributed by atoms with Crippen LogP contribution in [-0.2, 0) is 14.8 Å². The lowest BCUT2D eigenvalue weighted by Gasteiger charge is -2.32. The van der Waals surface area contributed by atoms with Crippen LogP contribution < -0.4 is 20.1 Å². The monoisotopic (exact) mass is 503 g/mol. The Morgan fingerprint density at radius 1 is 1.03 bits per heavy atom. The molecule has 192 valence electrons. The van der Waals surface area contributed by atoms with Crippen molar-refractivity contribution in [2.45, 2.75) is 69.5 Å².